The van der Waals surface area contributed by atoms with Gasteiger partial charge < -0.3 is 19.7 Å². The third kappa shape index (κ3) is 4.72. The van der Waals surface area contributed by atoms with Crippen LogP contribution in [0.25, 0.3) is 5.65 Å². The van der Waals surface area contributed by atoms with Gasteiger partial charge in [0, 0.05) is 25.9 Å². The van der Waals surface area contributed by atoms with E-state index < -0.39 is 0 Å². The number of nitrogens with zero attached hydrogens (tertiary/aromatic N) is 5. The normalized spacial score (nSPS) is 17.2. The van der Waals surface area contributed by atoms with Gasteiger partial charge in [0.1, 0.15) is 19.0 Å². The Bertz CT molecular complexity index is 1140. The van der Waals surface area contributed by atoms with E-state index in [1.165, 1.54) is 12.8 Å². The van der Waals surface area contributed by atoms with Crippen molar-refractivity contribution in [1.29, 1.82) is 0 Å². The maximum atomic E-state index is 12.6. The molecule has 174 valence electrons. The molecule has 0 unspecified atom stereocenters. The molecule has 2 aliphatic rings. The minimum Gasteiger partial charge on any atom is -0.486 e. The van der Waals surface area contributed by atoms with Crippen LogP contribution in [0.1, 0.15) is 50.5 Å². The number of benzene rings is 1. The average Bonchev–Trinajstić information content (AvgIpc) is 3.25. The number of hydrogen-bond donors (Lipinski definition) is 1. The van der Waals surface area contributed by atoms with Gasteiger partial charge in [-0.15, -0.1) is 15.3 Å². The quantitative estimate of drug-likeness (QED) is 0.617. The molecule has 0 spiro atoms. The van der Waals surface area contributed by atoms with Crippen LogP contribution in [0.3, 0.4) is 0 Å². The lowest BCUT2D eigenvalue weighted by Crippen LogP contribution is -2.33. The Labute approximate surface area is 193 Å². The third-order valence-corrected chi connectivity index (χ3v) is 6.44. The van der Waals surface area contributed by atoms with Crippen LogP contribution < -0.4 is 19.7 Å². The molecule has 1 aromatic carbocycles. The second-order valence-electron chi connectivity index (χ2n) is 8.94. The van der Waals surface area contributed by atoms with Crippen LogP contribution in [0.2, 0.25) is 0 Å². The number of amides is 1. The molecule has 1 N–H and O–H groups in total. The minimum atomic E-state index is -0.144. The van der Waals surface area contributed by atoms with Crippen LogP contribution in [-0.4, -0.2) is 52.0 Å². The molecule has 1 fully saturated rings. The first-order valence-electron chi connectivity index (χ1n) is 11.7. The molecule has 9 heteroatoms. The lowest BCUT2D eigenvalue weighted by atomic mass is 9.99. The van der Waals surface area contributed by atoms with Crippen molar-refractivity contribution in [2.24, 2.45) is 5.92 Å². The van der Waals surface area contributed by atoms with Crippen LogP contribution in [-0.2, 0) is 11.2 Å². The molecule has 0 bridgehead atoms. The van der Waals surface area contributed by atoms with Gasteiger partial charge >= 0.3 is 0 Å². The van der Waals surface area contributed by atoms with Crippen molar-refractivity contribution in [2.75, 3.05) is 31.2 Å². The Balaban J connectivity index is 1.21. The second-order valence-corrected chi connectivity index (χ2v) is 8.94. The van der Waals surface area contributed by atoms with Gasteiger partial charge in [0.05, 0.1) is 6.04 Å². The van der Waals surface area contributed by atoms with E-state index in [9.17, 15) is 4.79 Å². The summed E-state index contributed by atoms with van der Waals surface area (Å²) in [5.41, 5.74) is 1.67. The van der Waals surface area contributed by atoms with E-state index >= 15 is 0 Å². The standard InChI is InChI=1S/C24H30N6O3/c1-16-9-11-29(12-10-16)23-6-5-21-26-27-22(30(21)28-23)7-8-24(31)25-17(2)18-3-4-19-20(15-18)33-14-13-32-19/h3-6,15-17H,7-14H2,1-2H3,(H,25,31)/t17-/m1/s1. The Morgan fingerprint density at radius 2 is 1.91 bits per heavy atom. The van der Waals surface area contributed by atoms with E-state index in [0.717, 1.165) is 41.9 Å². The Morgan fingerprint density at radius 3 is 2.73 bits per heavy atom. The molecular weight excluding hydrogens is 420 g/mol. The predicted molar refractivity (Wildman–Crippen MR) is 124 cm³/mol. The summed E-state index contributed by atoms with van der Waals surface area (Å²) in [5, 5.41) is 16.3. The van der Waals surface area contributed by atoms with Crippen molar-refractivity contribution in [2.45, 2.75) is 45.6 Å². The molecule has 0 aliphatic carbocycles. The fraction of sp³-hybridized carbons (Fsp3) is 0.500. The smallest absolute Gasteiger partial charge is 0.220 e. The van der Waals surface area contributed by atoms with E-state index in [4.69, 9.17) is 14.6 Å². The summed E-state index contributed by atoms with van der Waals surface area (Å²) >= 11 is 0. The number of aryl methyl sites for hydroxylation is 1. The molecule has 33 heavy (non-hydrogen) atoms. The molecular formula is C24H30N6O3. The maximum Gasteiger partial charge on any atom is 0.220 e. The number of carbonyl (C=O) groups is 1. The molecule has 3 aromatic rings. The molecule has 2 aromatic heterocycles. The fourth-order valence-corrected chi connectivity index (χ4v) is 4.34. The molecule has 5 rings (SSSR count). The van der Waals surface area contributed by atoms with Crippen molar-refractivity contribution < 1.29 is 14.3 Å². The van der Waals surface area contributed by atoms with Gasteiger partial charge in [-0.05, 0) is 55.5 Å². The highest BCUT2D eigenvalue weighted by Crippen LogP contribution is 2.32. The number of nitrogens with one attached hydrogen (secondary N) is 1. The predicted octanol–water partition coefficient (Wildman–Crippen LogP) is 2.94. The Kier molecular flexibility index (Phi) is 6.02. The molecule has 1 saturated heterocycles. The average molecular weight is 451 g/mol. The molecule has 9 nitrogen and oxygen atoms in total. The number of piperidine rings is 1. The largest absolute Gasteiger partial charge is 0.486 e. The van der Waals surface area contributed by atoms with Gasteiger partial charge in [-0.3, -0.25) is 4.79 Å². The summed E-state index contributed by atoms with van der Waals surface area (Å²) in [6, 6.07) is 9.58. The first-order valence-corrected chi connectivity index (χ1v) is 11.7. The summed E-state index contributed by atoms with van der Waals surface area (Å²) < 4.78 is 13.0. The zero-order valence-corrected chi connectivity index (χ0v) is 19.2. The Morgan fingerprint density at radius 1 is 1.12 bits per heavy atom. The van der Waals surface area contributed by atoms with Crippen LogP contribution in [0.15, 0.2) is 30.3 Å². The van der Waals surface area contributed by atoms with Gasteiger partial charge in [-0.1, -0.05) is 13.0 Å². The maximum absolute atomic E-state index is 12.6. The monoisotopic (exact) mass is 450 g/mol. The SMILES string of the molecule is CC1CCN(c2ccc3nnc(CCC(=O)N[C@H](C)c4ccc5c(c4)OCCO5)n3n2)CC1. The van der Waals surface area contributed by atoms with Gasteiger partial charge in [0.2, 0.25) is 5.91 Å². The fourth-order valence-electron chi connectivity index (χ4n) is 4.34. The molecule has 0 radical (unpaired) electrons. The summed E-state index contributed by atoms with van der Waals surface area (Å²) in [5.74, 6) is 3.81. The van der Waals surface area contributed by atoms with Gasteiger partial charge in [-0.25, -0.2) is 0 Å². The van der Waals surface area contributed by atoms with E-state index in [1.54, 1.807) is 4.52 Å². The van der Waals surface area contributed by atoms with Gasteiger partial charge in [0.25, 0.3) is 0 Å². The third-order valence-electron chi connectivity index (χ3n) is 6.44. The van der Waals surface area contributed by atoms with Crippen LogP contribution in [0.5, 0.6) is 11.5 Å². The number of anilines is 1. The molecule has 4 heterocycles. The number of hydrogen-bond acceptors (Lipinski definition) is 7. The number of rotatable bonds is 6. The topological polar surface area (TPSA) is 93.9 Å². The highest BCUT2D eigenvalue weighted by Gasteiger charge is 2.19. The first-order chi connectivity index (χ1) is 16.1. The number of ether oxygens (including phenoxy) is 2. The summed E-state index contributed by atoms with van der Waals surface area (Å²) in [6.07, 6.45) is 3.13. The number of aromatic nitrogens is 4. The van der Waals surface area contributed by atoms with Crippen LogP contribution >= 0.6 is 0 Å². The minimum absolute atomic E-state index is 0.0460. The molecule has 0 saturated carbocycles. The summed E-state index contributed by atoms with van der Waals surface area (Å²) in [7, 11) is 0. The van der Waals surface area contributed by atoms with Gasteiger partial charge in [-0.2, -0.15) is 4.52 Å². The van der Waals surface area contributed by atoms with E-state index in [2.05, 4.69) is 27.3 Å². The molecule has 2 aliphatic heterocycles. The first kappa shape index (κ1) is 21.5. The summed E-state index contributed by atoms with van der Waals surface area (Å²) in [4.78, 5) is 14.9. The van der Waals surface area contributed by atoms with Gasteiger partial charge in [0.15, 0.2) is 23.0 Å². The summed E-state index contributed by atoms with van der Waals surface area (Å²) in [6.45, 7) is 7.38. The lowest BCUT2D eigenvalue weighted by Gasteiger charge is -2.30. The number of fused-ring (bicyclic) bond motifs is 2. The van der Waals surface area contributed by atoms with E-state index in [1.807, 2.05) is 37.3 Å². The van der Waals surface area contributed by atoms with Crippen molar-refractivity contribution in [1.82, 2.24) is 25.1 Å². The second kappa shape index (κ2) is 9.25. The van der Waals surface area contributed by atoms with E-state index in [0.29, 0.717) is 37.5 Å². The molecule has 1 atom stereocenters. The van der Waals surface area contributed by atoms with Crippen molar-refractivity contribution in [3.63, 3.8) is 0 Å². The lowest BCUT2D eigenvalue weighted by molar-refractivity contribution is -0.121. The highest BCUT2D eigenvalue weighted by molar-refractivity contribution is 5.76. The highest BCUT2D eigenvalue weighted by atomic mass is 16.6. The number of carbonyl (C=O) groups excluding carboxylic acids is 1. The van der Waals surface area contributed by atoms with Crippen LogP contribution in [0.4, 0.5) is 5.82 Å². The zero-order valence-electron chi connectivity index (χ0n) is 19.2. The zero-order chi connectivity index (χ0) is 22.8. The Hall–Kier alpha value is -3.36. The van der Waals surface area contributed by atoms with Crippen LogP contribution in [0, 0.1) is 5.92 Å². The van der Waals surface area contributed by atoms with Crippen molar-refractivity contribution in [3.05, 3.63) is 41.7 Å². The van der Waals surface area contributed by atoms with Crippen molar-refractivity contribution in [3.8, 4) is 11.5 Å². The van der Waals surface area contributed by atoms with E-state index in [-0.39, 0.29) is 11.9 Å². The molecule has 1 amide bonds. The van der Waals surface area contributed by atoms with Crippen molar-refractivity contribution >= 4 is 17.4 Å².